The summed E-state index contributed by atoms with van der Waals surface area (Å²) in [5, 5.41) is 14.6. The van der Waals surface area contributed by atoms with Crippen LogP contribution in [0.1, 0.15) is 56.2 Å². The third kappa shape index (κ3) is 5.34. The van der Waals surface area contributed by atoms with E-state index < -0.39 is 0 Å². The van der Waals surface area contributed by atoms with Gasteiger partial charge in [-0.3, -0.25) is 9.20 Å². The van der Waals surface area contributed by atoms with E-state index in [9.17, 15) is 4.79 Å². The van der Waals surface area contributed by atoms with Crippen LogP contribution in [0.15, 0.2) is 17.8 Å². The smallest absolute Gasteiger partial charge is 0.232 e. The molecule has 25 heavy (non-hydrogen) atoms. The molecular weight excluding hydrogens is 354 g/mol. The Balaban J connectivity index is 1.41. The summed E-state index contributed by atoms with van der Waals surface area (Å²) in [6.07, 6.45) is 12.6. The number of hydrogen-bond acceptors (Lipinski definition) is 6. The number of fused-ring (bicyclic) bond motifs is 1. The van der Waals surface area contributed by atoms with Crippen molar-refractivity contribution in [3.63, 3.8) is 0 Å². The highest BCUT2D eigenvalue weighted by atomic mass is 32.1. The summed E-state index contributed by atoms with van der Waals surface area (Å²) in [6.45, 7) is 2.23. The van der Waals surface area contributed by atoms with Gasteiger partial charge in [0, 0.05) is 24.2 Å². The van der Waals surface area contributed by atoms with Crippen LogP contribution in [-0.4, -0.2) is 25.5 Å². The Morgan fingerprint density at radius 1 is 1.20 bits per heavy atom. The minimum absolute atomic E-state index is 0.104. The summed E-state index contributed by atoms with van der Waals surface area (Å²) in [5.74, 6) is -0.104. The van der Waals surface area contributed by atoms with Crippen LogP contribution in [-0.2, 0) is 17.6 Å². The van der Waals surface area contributed by atoms with Crippen molar-refractivity contribution in [1.29, 1.82) is 0 Å². The van der Waals surface area contributed by atoms with Gasteiger partial charge in [0.25, 0.3) is 0 Å². The van der Waals surface area contributed by atoms with Crippen molar-refractivity contribution in [3.05, 3.63) is 28.5 Å². The Bertz CT molecular complexity index is 778. The topological polar surface area (TPSA) is 72.2 Å². The molecule has 0 aromatic carbocycles. The van der Waals surface area contributed by atoms with Gasteiger partial charge >= 0.3 is 0 Å². The largest absolute Gasteiger partial charge is 0.300 e. The first-order chi connectivity index (χ1) is 12.2. The van der Waals surface area contributed by atoms with Gasteiger partial charge in [0.15, 0.2) is 4.96 Å². The Kier molecular flexibility index (Phi) is 6.52. The fourth-order valence-corrected chi connectivity index (χ4v) is 4.17. The lowest BCUT2D eigenvalue weighted by atomic mass is 10.1. The molecule has 3 heterocycles. The first-order valence-electron chi connectivity index (χ1n) is 8.78. The Morgan fingerprint density at radius 3 is 2.88 bits per heavy atom. The molecule has 0 spiro atoms. The number of imidazole rings is 1. The van der Waals surface area contributed by atoms with Crippen LogP contribution in [0.2, 0.25) is 0 Å². The average molecular weight is 378 g/mol. The van der Waals surface area contributed by atoms with Crippen LogP contribution in [0.4, 0.5) is 5.13 Å². The van der Waals surface area contributed by atoms with E-state index in [1.165, 1.54) is 43.4 Å². The molecule has 8 heteroatoms. The first kappa shape index (κ1) is 18.0. The number of unbranched alkanes of at least 4 members (excludes halogenated alkanes) is 5. The van der Waals surface area contributed by atoms with Crippen LogP contribution in [0.3, 0.4) is 0 Å². The van der Waals surface area contributed by atoms with Gasteiger partial charge in [-0.15, -0.1) is 21.5 Å². The molecule has 3 aromatic heterocycles. The number of carbonyl (C=O) groups is 1. The van der Waals surface area contributed by atoms with Gasteiger partial charge in [-0.25, -0.2) is 4.98 Å². The molecule has 0 fully saturated rings. The number of hydrogen-bond donors (Lipinski definition) is 1. The van der Waals surface area contributed by atoms with Gasteiger partial charge in [-0.1, -0.05) is 50.4 Å². The molecule has 0 aliphatic rings. The van der Waals surface area contributed by atoms with E-state index in [0.717, 1.165) is 28.5 Å². The number of carbonyl (C=O) groups excluding carboxylic acids is 1. The minimum atomic E-state index is -0.104. The number of anilines is 1. The standard InChI is InChI=1S/C17H23N5OS2/c1-2-3-4-5-6-7-8-15-20-21-16(25-15)19-14(23)11-13-12-22-9-10-24-17(22)18-13/h9-10,12H,2-8,11H2,1H3,(H,19,21,23). The van der Waals surface area contributed by atoms with Crippen molar-refractivity contribution in [2.24, 2.45) is 0 Å². The summed E-state index contributed by atoms with van der Waals surface area (Å²) in [6, 6.07) is 0. The lowest BCUT2D eigenvalue weighted by molar-refractivity contribution is -0.115. The molecule has 3 aromatic rings. The number of rotatable bonds is 10. The number of thiazole rings is 1. The second-order valence-corrected chi connectivity index (χ2v) is 8.00. The van der Waals surface area contributed by atoms with E-state index in [1.807, 2.05) is 22.2 Å². The number of amides is 1. The second kappa shape index (κ2) is 9.05. The molecule has 0 aliphatic heterocycles. The maximum Gasteiger partial charge on any atom is 0.232 e. The third-order valence-electron chi connectivity index (χ3n) is 3.94. The summed E-state index contributed by atoms with van der Waals surface area (Å²) in [7, 11) is 0. The predicted octanol–water partition coefficient (Wildman–Crippen LogP) is 4.33. The molecule has 0 saturated heterocycles. The van der Waals surface area contributed by atoms with Crippen LogP contribution < -0.4 is 5.32 Å². The van der Waals surface area contributed by atoms with Gasteiger partial charge < -0.3 is 5.32 Å². The Morgan fingerprint density at radius 2 is 2.04 bits per heavy atom. The lowest BCUT2D eigenvalue weighted by Crippen LogP contribution is -2.14. The van der Waals surface area contributed by atoms with E-state index in [4.69, 9.17) is 0 Å². The summed E-state index contributed by atoms with van der Waals surface area (Å²) < 4.78 is 1.93. The van der Waals surface area contributed by atoms with Crippen molar-refractivity contribution >= 4 is 38.7 Å². The Labute approximate surface area is 155 Å². The van der Waals surface area contributed by atoms with Gasteiger partial charge in [-0.2, -0.15) is 0 Å². The normalized spacial score (nSPS) is 11.2. The van der Waals surface area contributed by atoms with Crippen molar-refractivity contribution in [2.75, 3.05) is 5.32 Å². The second-order valence-electron chi connectivity index (χ2n) is 6.07. The summed E-state index contributed by atoms with van der Waals surface area (Å²) in [5.41, 5.74) is 0.765. The van der Waals surface area contributed by atoms with Gasteiger partial charge in [0.05, 0.1) is 12.1 Å². The zero-order valence-corrected chi connectivity index (χ0v) is 16.0. The van der Waals surface area contributed by atoms with Gasteiger partial charge in [-0.05, 0) is 6.42 Å². The van der Waals surface area contributed by atoms with Crippen LogP contribution in [0.25, 0.3) is 4.96 Å². The predicted molar refractivity (Wildman–Crippen MR) is 102 cm³/mol. The van der Waals surface area contributed by atoms with Gasteiger partial charge in [0.1, 0.15) is 5.01 Å². The van der Waals surface area contributed by atoms with E-state index in [2.05, 4.69) is 27.4 Å². The molecule has 0 radical (unpaired) electrons. The van der Waals surface area contributed by atoms with E-state index in [0.29, 0.717) is 5.13 Å². The van der Waals surface area contributed by atoms with E-state index in [1.54, 1.807) is 11.3 Å². The van der Waals surface area contributed by atoms with Crippen molar-refractivity contribution in [2.45, 2.75) is 58.3 Å². The monoisotopic (exact) mass is 377 g/mol. The number of aromatic nitrogens is 4. The van der Waals surface area contributed by atoms with Crippen LogP contribution >= 0.6 is 22.7 Å². The van der Waals surface area contributed by atoms with Crippen molar-refractivity contribution in [1.82, 2.24) is 19.6 Å². The maximum atomic E-state index is 12.1. The highest BCUT2D eigenvalue weighted by molar-refractivity contribution is 7.15. The van der Waals surface area contributed by atoms with Crippen LogP contribution in [0.5, 0.6) is 0 Å². The quantitative estimate of drug-likeness (QED) is 0.534. The molecule has 3 rings (SSSR count). The minimum Gasteiger partial charge on any atom is -0.300 e. The molecular formula is C17H23N5OS2. The fourth-order valence-electron chi connectivity index (χ4n) is 2.65. The zero-order chi connectivity index (χ0) is 17.5. The zero-order valence-electron chi connectivity index (χ0n) is 14.4. The SMILES string of the molecule is CCCCCCCCc1nnc(NC(=O)Cc2cn3ccsc3n2)s1. The van der Waals surface area contributed by atoms with Crippen molar-refractivity contribution < 1.29 is 4.79 Å². The highest BCUT2D eigenvalue weighted by Gasteiger charge is 2.11. The molecule has 1 N–H and O–H groups in total. The molecule has 0 bridgehead atoms. The molecule has 0 saturated carbocycles. The summed E-state index contributed by atoms with van der Waals surface area (Å²) >= 11 is 3.02. The lowest BCUT2D eigenvalue weighted by Gasteiger charge is -1.98. The molecule has 6 nitrogen and oxygen atoms in total. The fraction of sp³-hybridized carbons (Fsp3) is 0.529. The third-order valence-corrected chi connectivity index (χ3v) is 5.61. The van der Waals surface area contributed by atoms with E-state index in [-0.39, 0.29) is 12.3 Å². The number of nitrogens with one attached hydrogen (secondary N) is 1. The molecule has 0 aliphatic carbocycles. The maximum absolute atomic E-state index is 12.1. The average Bonchev–Trinajstić information content (AvgIpc) is 3.27. The van der Waals surface area contributed by atoms with Gasteiger partial charge in [0.2, 0.25) is 11.0 Å². The molecule has 134 valence electrons. The van der Waals surface area contributed by atoms with Crippen LogP contribution in [0, 0.1) is 0 Å². The molecule has 1 amide bonds. The molecule has 0 unspecified atom stereocenters. The Hall–Kier alpha value is -1.80. The summed E-state index contributed by atoms with van der Waals surface area (Å²) in [4.78, 5) is 17.5. The molecule has 0 atom stereocenters. The number of nitrogens with zero attached hydrogens (tertiary/aromatic N) is 4. The van der Waals surface area contributed by atoms with Crippen molar-refractivity contribution in [3.8, 4) is 0 Å². The first-order valence-corrected chi connectivity index (χ1v) is 10.5. The highest BCUT2D eigenvalue weighted by Crippen LogP contribution is 2.18. The number of aryl methyl sites for hydroxylation is 1. The van der Waals surface area contributed by atoms with E-state index >= 15 is 0 Å².